The minimum absolute atomic E-state index is 0.174. The molecule has 1 aromatic rings. The summed E-state index contributed by atoms with van der Waals surface area (Å²) in [5.74, 6) is -1.52. The van der Waals surface area contributed by atoms with Crippen LogP contribution in [0.15, 0.2) is 18.5 Å². The monoisotopic (exact) mass is 310 g/mol. The van der Waals surface area contributed by atoms with Gasteiger partial charge in [0, 0.05) is 45.4 Å². The zero-order valence-electron chi connectivity index (χ0n) is 12.9. The van der Waals surface area contributed by atoms with Gasteiger partial charge in [-0.3, -0.25) is 14.3 Å². The van der Waals surface area contributed by atoms with E-state index in [-0.39, 0.29) is 31.3 Å². The van der Waals surface area contributed by atoms with Gasteiger partial charge in [-0.15, -0.1) is 0 Å². The minimum atomic E-state index is -1.07. The fraction of sp³-hybridized carbons (Fsp3) is 0.571. The summed E-state index contributed by atoms with van der Waals surface area (Å²) < 4.78 is 1.72. The Bertz CT molecular complexity index is 501. The van der Waals surface area contributed by atoms with Crippen LogP contribution in [0.4, 0.5) is 0 Å². The number of amides is 2. The van der Waals surface area contributed by atoms with E-state index in [4.69, 9.17) is 5.11 Å². The zero-order chi connectivity index (χ0) is 16.5. The quantitative estimate of drug-likeness (QED) is 0.673. The van der Waals surface area contributed by atoms with Crippen molar-refractivity contribution in [2.45, 2.75) is 39.3 Å². The highest BCUT2D eigenvalue weighted by Crippen LogP contribution is 2.05. The number of rotatable bonds is 9. The first-order valence-corrected chi connectivity index (χ1v) is 7.16. The van der Waals surface area contributed by atoms with Crippen LogP contribution in [-0.4, -0.2) is 56.7 Å². The molecule has 2 N–H and O–H groups in total. The maximum Gasteiger partial charge on any atom is 0.326 e. The van der Waals surface area contributed by atoms with Crippen LogP contribution < -0.4 is 5.32 Å². The summed E-state index contributed by atoms with van der Waals surface area (Å²) >= 11 is 0. The molecule has 1 atom stereocenters. The topological polar surface area (TPSA) is 105 Å². The van der Waals surface area contributed by atoms with E-state index in [1.807, 2.05) is 0 Å². The molecular weight excluding hydrogens is 288 g/mol. The predicted molar refractivity (Wildman–Crippen MR) is 79.0 cm³/mol. The Morgan fingerprint density at radius 3 is 2.68 bits per heavy atom. The molecule has 0 aliphatic carbocycles. The van der Waals surface area contributed by atoms with Gasteiger partial charge in [0.05, 0.1) is 0 Å². The highest BCUT2D eigenvalue weighted by Gasteiger charge is 2.24. The Labute approximate surface area is 129 Å². The third kappa shape index (κ3) is 5.94. The van der Waals surface area contributed by atoms with Crippen LogP contribution in [0.2, 0.25) is 0 Å². The van der Waals surface area contributed by atoms with Crippen molar-refractivity contribution in [3.8, 4) is 0 Å². The van der Waals surface area contributed by atoms with Crippen molar-refractivity contribution in [3.05, 3.63) is 18.5 Å². The summed E-state index contributed by atoms with van der Waals surface area (Å²) in [4.78, 5) is 35.5. The van der Waals surface area contributed by atoms with Crippen molar-refractivity contribution in [1.82, 2.24) is 20.0 Å². The molecule has 0 fully saturated rings. The molecule has 8 heteroatoms. The summed E-state index contributed by atoms with van der Waals surface area (Å²) in [5, 5.41) is 15.7. The summed E-state index contributed by atoms with van der Waals surface area (Å²) in [6.07, 6.45) is 4.27. The number of carboxylic acid groups (broad SMARTS) is 1. The van der Waals surface area contributed by atoms with E-state index in [1.165, 1.54) is 18.7 Å². The lowest BCUT2D eigenvalue weighted by atomic mass is 10.2. The lowest BCUT2D eigenvalue weighted by Crippen LogP contribution is -2.46. The van der Waals surface area contributed by atoms with Crippen molar-refractivity contribution in [2.24, 2.45) is 0 Å². The number of nitrogens with one attached hydrogen (secondary N) is 1. The molecule has 2 amide bonds. The molecule has 0 spiro atoms. The SMILES string of the molecule is CC(=O)NCCN(C(=O)CCCn1cccn1)C(C)C(=O)O. The van der Waals surface area contributed by atoms with E-state index in [2.05, 4.69) is 10.4 Å². The van der Waals surface area contributed by atoms with Crippen LogP contribution in [0.3, 0.4) is 0 Å². The van der Waals surface area contributed by atoms with Crippen LogP contribution in [-0.2, 0) is 20.9 Å². The number of hydrogen-bond donors (Lipinski definition) is 2. The number of nitrogens with zero attached hydrogens (tertiary/aromatic N) is 3. The lowest BCUT2D eigenvalue weighted by molar-refractivity contribution is -0.149. The second-order valence-electron chi connectivity index (χ2n) is 4.96. The molecule has 0 bridgehead atoms. The number of aliphatic carboxylic acids is 1. The van der Waals surface area contributed by atoms with Crippen molar-refractivity contribution in [3.63, 3.8) is 0 Å². The summed E-state index contributed by atoms with van der Waals surface area (Å²) in [5.41, 5.74) is 0. The first kappa shape index (κ1) is 17.7. The highest BCUT2D eigenvalue weighted by molar-refractivity contribution is 5.83. The van der Waals surface area contributed by atoms with E-state index < -0.39 is 12.0 Å². The second kappa shape index (κ2) is 8.81. The minimum Gasteiger partial charge on any atom is -0.480 e. The molecule has 0 saturated heterocycles. The van der Waals surface area contributed by atoms with E-state index in [0.717, 1.165) is 0 Å². The van der Waals surface area contributed by atoms with Crippen molar-refractivity contribution in [1.29, 1.82) is 0 Å². The largest absolute Gasteiger partial charge is 0.480 e. The molecule has 22 heavy (non-hydrogen) atoms. The lowest BCUT2D eigenvalue weighted by Gasteiger charge is -2.26. The molecule has 0 aliphatic heterocycles. The smallest absolute Gasteiger partial charge is 0.326 e. The van der Waals surface area contributed by atoms with Crippen LogP contribution in [0.5, 0.6) is 0 Å². The zero-order valence-corrected chi connectivity index (χ0v) is 12.9. The van der Waals surface area contributed by atoms with Gasteiger partial charge in [-0.25, -0.2) is 4.79 Å². The average molecular weight is 310 g/mol. The van der Waals surface area contributed by atoms with Crippen molar-refractivity contribution < 1.29 is 19.5 Å². The Hall–Kier alpha value is -2.38. The molecule has 0 aliphatic rings. The molecule has 0 saturated carbocycles. The molecular formula is C14H22N4O4. The molecule has 1 heterocycles. The molecule has 8 nitrogen and oxygen atoms in total. The summed E-state index contributed by atoms with van der Waals surface area (Å²) in [7, 11) is 0. The Kier molecular flexibility index (Phi) is 7.07. The van der Waals surface area contributed by atoms with Crippen LogP contribution in [0, 0.1) is 0 Å². The van der Waals surface area contributed by atoms with Gasteiger partial charge < -0.3 is 15.3 Å². The Balaban J connectivity index is 2.50. The number of carbonyl (C=O) groups excluding carboxylic acids is 2. The summed E-state index contributed by atoms with van der Waals surface area (Å²) in [6, 6.07) is 0.875. The van der Waals surface area contributed by atoms with E-state index in [1.54, 1.807) is 23.1 Å². The van der Waals surface area contributed by atoms with Gasteiger partial charge in [0.2, 0.25) is 11.8 Å². The number of carbonyl (C=O) groups is 3. The molecule has 1 unspecified atom stereocenters. The highest BCUT2D eigenvalue weighted by atomic mass is 16.4. The van der Waals surface area contributed by atoms with Crippen LogP contribution in [0.25, 0.3) is 0 Å². The fourth-order valence-corrected chi connectivity index (χ4v) is 1.99. The van der Waals surface area contributed by atoms with Crippen LogP contribution in [0.1, 0.15) is 26.7 Å². The molecule has 122 valence electrons. The third-order valence-electron chi connectivity index (χ3n) is 3.21. The van der Waals surface area contributed by atoms with Gasteiger partial charge in [-0.05, 0) is 19.4 Å². The predicted octanol–water partition coefficient (Wildman–Crippen LogP) is 0.101. The van der Waals surface area contributed by atoms with Gasteiger partial charge in [0.1, 0.15) is 6.04 Å². The van der Waals surface area contributed by atoms with Gasteiger partial charge in [0.15, 0.2) is 0 Å². The average Bonchev–Trinajstić information content (AvgIpc) is 2.95. The van der Waals surface area contributed by atoms with Crippen molar-refractivity contribution in [2.75, 3.05) is 13.1 Å². The number of carboxylic acids is 1. The van der Waals surface area contributed by atoms with Gasteiger partial charge >= 0.3 is 5.97 Å². The van der Waals surface area contributed by atoms with Crippen LogP contribution >= 0.6 is 0 Å². The van der Waals surface area contributed by atoms with Gasteiger partial charge in [0.25, 0.3) is 0 Å². The normalized spacial score (nSPS) is 11.7. The maximum absolute atomic E-state index is 12.2. The first-order valence-electron chi connectivity index (χ1n) is 7.16. The molecule has 0 radical (unpaired) electrons. The van der Waals surface area contributed by atoms with Gasteiger partial charge in [-0.1, -0.05) is 0 Å². The molecule has 1 aromatic heterocycles. The van der Waals surface area contributed by atoms with E-state index in [9.17, 15) is 14.4 Å². The Morgan fingerprint density at radius 1 is 1.41 bits per heavy atom. The third-order valence-corrected chi connectivity index (χ3v) is 3.21. The van der Waals surface area contributed by atoms with Crippen molar-refractivity contribution >= 4 is 17.8 Å². The van der Waals surface area contributed by atoms with Gasteiger partial charge in [-0.2, -0.15) is 5.10 Å². The number of aryl methyl sites for hydroxylation is 1. The van der Waals surface area contributed by atoms with E-state index >= 15 is 0 Å². The number of hydrogen-bond acceptors (Lipinski definition) is 4. The van der Waals surface area contributed by atoms with E-state index in [0.29, 0.717) is 13.0 Å². The standard InChI is InChI=1S/C14H22N4O4/c1-11(14(21)22)18(10-7-15-12(2)19)13(20)5-3-8-17-9-4-6-16-17/h4,6,9,11H,3,5,7-8,10H2,1-2H3,(H,15,19)(H,21,22). The molecule has 0 aromatic carbocycles. The molecule has 1 rings (SSSR count). The fourth-order valence-electron chi connectivity index (χ4n) is 1.99. The Morgan fingerprint density at radius 2 is 2.14 bits per heavy atom. The second-order valence-corrected chi connectivity index (χ2v) is 4.96. The number of aromatic nitrogens is 2. The summed E-state index contributed by atoms with van der Waals surface area (Å²) in [6.45, 7) is 3.84. The first-order chi connectivity index (χ1) is 10.4. The maximum atomic E-state index is 12.2.